The van der Waals surface area contributed by atoms with E-state index in [0.29, 0.717) is 5.92 Å². The summed E-state index contributed by atoms with van der Waals surface area (Å²) in [6, 6.07) is 2.11. The molecule has 2 saturated carbocycles. The van der Waals surface area contributed by atoms with Crippen molar-refractivity contribution in [1.29, 1.82) is 0 Å². The van der Waals surface area contributed by atoms with Crippen LogP contribution in [0.15, 0.2) is 16.8 Å². The molecular weight excluding hydrogens is 264 g/mol. The van der Waals surface area contributed by atoms with Crippen LogP contribution in [0.4, 0.5) is 0 Å². The van der Waals surface area contributed by atoms with Crippen molar-refractivity contribution in [2.24, 2.45) is 17.8 Å². The number of rotatable bonds is 4. The number of hydrogen-bond acceptors (Lipinski definition) is 4. The van der Waals surface area contributed by atoms with E-state index >= 15 is 0 Å². The van der Waals surface area contributed by atoms with Crippen LogP contribution in [-0.4, -0.2) is 28.0 Å². The van der Waals surface area contributed by atoms with Gasteiger partial charge in [0, 0.05) is 18.7 Å². The highest BCUT2D eigenvalue weighted by Crippen LogP contribution is 2.57. The van der Waals surface area contributed by atoms with Crippen molar-refractivity contribution < 1.29 is 4.52 Å². The largest absolute Gasteiger partial charge is 0.361 e. The molecule has 0 spiro atoms. The van der Waals surface area contributed by atoms with Crippen LogP contribution in [-0.2, 0) is 6.54 Å². The van der Waals surface area contributed by atoms with E-state index in [4.69, 9.17) is 9.62 Å². The van der Waals surface area contributed by atoms with Crippen molar-refractivity contribution in [2.45, 2.75) is 32.2 Å². The quantitative estimate of drug-likeness (QED) is 0.935. The second kappa shape index (κ2) is 4.19. The third kappa shape index (κ3) is 1.87. The highest BCUT2D eigenvalue weighted by Gasteiger charge is 2.56. The molecule has 5 rings (SSSR count). The molecule has 5 heteroatoms. The third-order valence-electron chi connectivity index (χ3n) is 5.34. The van der Waals surface area contributed by atoms with Gasteiger partial charge in [-0.25, -0.2) is 0 Å². The maximum Gasteiger partial charge on any atom is 0.143 e. The highest BCUT2D eigenvalue weighted by atomic mass is 16.5. The maximum atomic E-state index is 5.50. The lowest BCUT2D eigenvalue weighted by Gasteiger charge is -2.03. The first-order chi connectivity index (χ1) is 10.3. The molecule has 2 aliphatic carbocycles. The summed E-state index contributed by atoms with van der Waals surface area (Å²) >= 11 is 0. The van der Waals surface area contributed by atoms with Gasteiger partial charge in [0.25, 0.3) is 0 Å². The van der Waals surface area contributed by atoms with E-state index in [0.717, 1.165) is 60.1 Å². The van der Waals surface area contributed by atoms with E-state index in [9.17, 15) is 0 Å². The minimum atomic E-state index is 0.576. The molecule has 0 amide bonds. The molecule has 5 nitrogen and oxygen atoms in total. The molecule has 1 aliphatic heterocycles. The summed E-state index contributed by atoms with van der Waals surface area (Å²) in [5, 5.41) is 12.6. The summed E-state index contributed by atoms with van der Waals surface area (Å²) in [6.45, 7) is 5.30. The van der Waals surface area contributed by atoms with E-state index in [1.807, 2.05) is 6.92 Å². The van der Waals surface area contributed by atoms with Gasteiger partial charge in [0.15, 0.2) is 0 Å². The van der Waals surface area contributed by atoms with Gasteiger partial charge in [-0.2, -0.15) is 5.10 Å². The van der Waals surface area contributed by atoms with Crippen LogP contribution in [0.1, 0.15) is 30.2 Å². The average molecular weight is 284 g/mol. The van der Waals surface area contributed by atoms with E-state index in [-0.39, 0.29) is 0 Å². The van der Waals surface area contributed by atoms with E-state index in [2.05, 4.69) is 27.4 Å². The summed E-state index contributed by atoms with van der Waals surface area (Å²) in [4.78, 5) is 0. The molecule has 1 saturated heterocycles. The standard InChI is InChI=1S/C16H20N4O/c1-9-14(13-4-5-20(18-13)8-10-2-3-10)16(19-21-9)15-11-6-17-7-12(11)15/h4-5,10-12,15,17H,2-3,6-8H2,1H3. The molecule has 1 N–H and O–H groups in total. The van der Waals surface area contributed by atoms with Crippen LogP contribution in [0.3, 0.4) is 0 Å². The average Bonchev–Trinajstić information content (AvgIpc) is 3.21. The van der Waals surface area contributed by atoms with E-state index in [1.165, 1.54) is 12.8 Å². The van der Waals surface area contributed by atoms with Crippen LogP contribution < -0.4 is 5.32 Å². The second-order valence-corrected chi connectivity index (χ2v) is 6.88. The number of aromatic nitrogens is 3. The van der Waals surface area contributed by atoms with E-state index in [1.54, 1.807) is 0 Å². The first-order valence-corrected chi connectivity index (χ1v) is 8.02. The number of nitrogens with zero attached hydrogens (tertiary/aromatic N) is 3. The van der Waals surface area contributed by atoms with Gasteiger partial charge in [-0.3, -0.25) is 4.68 Å². The van der Waals surface area contributed by atoms with Crippen LogP contribution in [0.2, 0.25) is 0 Å². The Morgan fingerprint density at radius 3 is 2.90 bits per heavy atom. The number of aryl methyl sites for hydroxylation is 1. The third-order valence-corrected chi connectivity index (χ3v) is 5.34. The molecule has 2 aromatic rings. The van der Waals surface area contributed by atoms with Gasteiger partial charge in [-0.05, 0) is 56.7 Å². The molecule has 3 fully saturated rings. The normalized spacial score (nSPS) is 30.6. The van der Waals surface area contributed by atoms with Crippen molar-refractivity contribution in [3.63, 3.8) is 0 Å². The van der Waals surface area contributed by atoms with Crippen molar-refractivity contribution >= 4 is 0 Å². The maximum absolute atomic E-state index is 5.50. The van der Waals surface area contributed by atoms with Gasteiger partial charge in [-0.1, -0.05) is 5.16 Å². The first kappa shape index (κ1) is 12.0. The topological polar surface area (TPSA) is 55.9 Å². The molecule has 0 aromatic carbocycles. The number of hydrogen-bond donors (Lipinski definition) is 1. The zero-order valence-corrected chi connectivity index (χ0v) is 12.2. The summed E-state index contributed by atoms with van der Waals surface area (Å²) in [5.74, 6) is 3.82. The number of nitrogens with one attached hydrogen (secondary N) is 1. The zero-order chi connectivity index (χ0) is 14.0. The van der Waals surface area contributed by atoms with Gasteiger partial charge in [0.05, 0.1) is 17.0 Å². The van der Waals surface area contributed by atoms with Crippen LogP contribution in [0.5, 0.6) is 0 Å². The smallest absolute Gasteiger partial charge is 0.143 e. The first-order valence-electron chi connectivity index (χ1n) is 8.02. The summed E-state index contributed by atoms with van der Waals surface area (Å²) < 4.78 is 7.58. The molecule has 3 heterocycles. The lowest BCUT2D eigenvalue weighted by molar-refractivity contribution is 0.388. The van der Waals surface area contributed by atoms with Crippen molar-refractivity contribution in [3.8, 4) is 11.3 Å². The Balaban J connectivity index is 1.47. The minimum absolute atomic E-state index is 0.576. The minimum Gasteiger partial charge on any atom is -0.361 e. The van der Waals surface area contributed by atoms with Gasteiger partial charge >= 0.3 is 0 Å². The fraction of sp³-hybridized carbons (Fsp3) is 0.625. The Hall–Kier alpha value is -1.62. The molecule has 2 aromatic heterocycles. The molecule has 0 bridgehead atoms. The monoisotopic (exact) mass is 284 g/mol. The van der Waals surface area contributed by atoms with Crippen molar-refractivity contribution in [2.75, 3.05) is 13.1 Å². The Bertz CT molecular complexity index is 674. The van der Waals surface area contributed by atoms with Crippen LogP contribution >= 0.6 is 0 Å². The lowest BCUT2D eigenvalue weighted by atomic mass is 10.0. The van der Waals surface area contributed by atoms with E-state index < -0.39 is 0 Å². The molecule has 110 valence electrons. The zero-order valence-electron chi connectivity index (χ0n) is 12.2. The van der Waals surface area contributed by atoms with Gasteiger partial charge in [0.2, 0.25) is 0 Å². The molecular formula is C16H20N4O. The molecule has 0 radical (unpaired) electrons. The Kier molecular flexibility index (Phi) is 2.39. The predicted molar refractivity (Wildman–Crippen MR) is 77.8 cm³/mol. The summed E-state index contributed by atoms with van der Waals surface area (Å²) in [5.41, 5.74) is 3.31. The van der Waals surface area contributed by atoms with Crippen LogP contribution in [0, 0.1) is 24.7 Å². The molecule has 2 atom stereocenters. The number of piperidine rings is 1. The Morgan fingerprint density at radius 2 is 2.14 bits per heavy atom. The molecule has 3 aliphatic rings. The SMILES string of the molecule is Cc1onc(C2C3CNCC32)c1-c1ccn(CC2CC2)n1. The summed E-state index contributed by atoms with van der Waals surface area (Å²) in [6.07, 6.45) is 4.80. The van der Waals surface area contributed by atoms with Crippen molar-refractivity contribution in [1.82, 2.24) is 20.3 Å². The van der Waals surface area contributed by atoms with Crippen LogP contribution in [0.25, 0.3) is 11.3 Å². The summed E-state index contributed by atoms with van der Waals surface area (Å²) in [7, 11) is 0. The second-order valence-electron chi connectivity index (χ2n) is 6.88. The predicted octanol–water partition coefficient (Wildman–Crippen LogP) is 2.19. The fourth-order valence-corrected chi connectivity index (χ4v) is 3.91. The van der Waals surface area contributed by atoms with Crippen molar-refractivity contribution in [3.05, 3.63) is 23.7 Å². The Morgan fingerprint density at radius 1 is 1.33 bits per heavy atom. The van der Waals surface area contributed by atoms with Gasteiger partial charge in [-0.15, -0.1) is 0 Å². The highest BCUT2D eigenvalue weighted by molar-refractivity contribution is 5.65. The molecule has 2 unspecified atom stereocenters. The number of fused-ring (bicyclic) bond motifs is 1. The fourth-order valence-electron chi connectivity index (χ4n) is 3.91. The lowest BCUT2D eigenvalue weighted by Crippen LogP contribution is -2.14. The molecule has 21 heavy (non-hydrogen) atoms. The van der Waals surface area contributed by atoms with Gasteiger partial charge < -0.3 is 9.84 Å². The Labute approximate surface area is 123 Å². The van der Waals surface area contributed by atoms with Gasteiger partial charge in [0.1, 0.15) is 5.76 Å².